The van der Waals surface area contributed by atoms with E-state index in [1.807, 2.05) is 6.08 Å². The second-order valence-electron chi connectivity index (χ2n) is 4.51. The summed E-state index contributed by atoms with van der Waals surface area (Å²) < 4.78 is 6.22. The van der Waals surface area contributed by atoms with Gasteiger partial charge in [-0.05, 0) is 28.3 Å². The van der Waals surface area contributed by atoms with Crippen LogP contribution in [0.25, 0.3) is 17.2 Å². The Morgan fingerprint density at radius 3 is 2.86 bits per heavy atom. The van der Waals surface area contributed by atoms with Crippen molar-refractivity contribution in [2.45, 2.75) is 6.42 Å². The molecule has 2 aromatic heterocycles. The van der Waals surface area contributed by atoms with E-state index in [1.54, 1.807) is 0 Å². The Balaban J connectivity index is 1.89. The molecule has 3 rings (SSSR count). The summed E-state index contributed by atoms with van der Waals surface area (Å²) in [7, 11) is 0. The smallest absolute Gasteiger partial charge is 0.270 e. The predicted molar refractivity (Wildman–Crippen MR) is 86.5 cm³/mol. The fourth-order valence-corrected chi connectivity index (χ4v) is 2.67. The van der Waals surface area contributed by atoms with Gasteiger partial charge >= 0.3 is 0 Å². The van der Waals surface area contributed by atoms with E-state index in [0.29, 0.717) is 22.1 Å². The maximum Gasteiger partial charge on any atom is 0.270 e. The van der Waals surface area contributed by atoms with Gasteiger partial charge < -0.3 is 10.2 Å². The second kappa shape index (κ2) is 6.07. The lowest BCUT2D eigenvalue weighted by atomic mass is 9.98. The third-order valence-corrected chi connectivity index (χ3v) is 4.25. The number of nitrogens with two attached hydrogens (primary N) is 1. The molecule has 0 radical (unpaired) electrons. The molecule has 0 amide bonds. The first-order valence-electron chi connectivity index (χ1n) is 6.24. The Bertz CT molecular complexity index is 725. The van der Waals surface area contributed by atoms with Crippen LogP contribution in [0.4, 0.5) is 5.82 Å². The van der Waals surface area contributed by atoms with Crippen molar-refractivity contribution in [3.8, 4) is 11.6 Å². The molecule has 6 nitrogen and oxygen atoms in total. The van der Waals surface area contributed by atoms with Gasteiger partial charge in [-0.15, -0.1) is 10.2 Å². The quantitative estimate of drug-likeness (QED) is 0.778. The Labute approximate surface area is 137 Å². The fourth-order valence-electron chi connectivity index (χ4n) is 1.91. The Hall–Kier alpha value is -1.54. The first-order valence-corrected chi connectivity index (χ1v) is 8.15. The van der Waals surface area contributed by atoms with Crippen molar-refractivity contribution < 1.29 is 4.42 Å². The van der Waals surface area contributed by atoms with Crippen molar-refractivity contribution in [1.82, 2.24) is 20.2 Å². The minimum absolute atomic E-state index is 0.251. The number of aromatic nitrogens is 4. The van der Waals surface area contributed by atoms with Crippen LogP contribution in [0.1, 0.15) is 12.3 Å². The molecule has 21 heavy (non-hydrogen) atoms. The number of hydrogen-bond acceptors (Lipinski definition) is 6. The van der Waals surface area contributed by atoms with Crippen LogP contribution in [-0.2, 0) is 0 Å². The van der Waals surface area contributed by atoms with E-state index in [2.05, 4.69) is 64.2 Å². The molecule has 0 fully saturated rings. The lowest BCUT2D eigenvalue weighted by Crippen LogP contribution is -2.00. The maximum absolute atomic E-state index is 5.79. The SMILES string of the molecule is Nc1ncc(Br)nc1-c1nnc(C2=CCC(CBr)C=C2)o1. The van der Waals surface area contributed by atoms with Gasteiger partial charge in [0.05, 0.1) is 6.20 Å². The van der Waals surface area contributed by atoms with Gasteiger partial charge in [0.1, 0.15) is 4.60 Å². The topological polar surface area (TPSA) is 90.7 Å². The largest absolute Gasteiger partial charge is 0.414 e. The van der Waals surface area contributed by atoms with Crippen molar-refractivity contribution in [3.63, 3.8) is 0 Å². The minimum Gasteiger partial charge on any atom is -0.414 e. The number of nitrogens with zero attached hydrogens (tertiary/aromatic N) is 4. The Morgan fingerprint density at radius 2 is 2.14 bits per heavy atom. The summed E-state index contributed by atoms with van der Waals surface area (Å²) in [6.07, 6.45) is 8.65. The van der Waals surface area contributed by atoms with E-state index >= 15 is 0 Å². The van der Waals surface area contributed by atoms with Crippen molar-refractivity contribution in [2.75, 3.05) is 11.1 Å². The van der Waals surface area contributed by atoms with Gasteiger partial charge in [0.15, 0.2) is 11.5 Å². The number of alkyl halides is 1. The number of rotatable bonds is 3. The molecule has 1 aliphatic rings. The van der Waals surface area contributed by atoms with Crippen LogP contribution >= 0.6 is 31.9 Å². The van der Waals surface area contributed by atoms with E-state index in [0.717, 1.165) is 17.3 Å². The molecule has 1 atom stereocenters. The lowest BCUT2D eigenvalue weighted by molar-refractivity contribution is 0.551. The molecule has 108 valence electrons. The summed E-state index contributed by atoms with van der Waals surface area (Å²) in [6, 6.07) is 0. The summed E-state index contributed by atoms with van der Waals surface area (Å²) in [5.74, 6) is 1.47. The van der Waals surface area contributed by atoms with E-state index in [9.17, 15) is 0 Å². The fraction of sp³-hybridized carbons (Fsp3) is 0.231. The standard InChI is InChI=1S/C13H11Br2N5O/c14-5-7-1-3-8(4-2-7)12-19-20-13(21-12)10-11(16)17-6-9(15)18-10/h1,3-4,6-7H,2,5H2,(H2,16,17). The van der Waals surface area contributed by atoms with E-state index in [4.69, 9.17) is 10.2 Å². The summed E-state index contributed by atoms with van der Waals surface area (Å²) >= 11 is 6.72. The summed E-state index contributed by atoms with van der Waals surface area (Å²) in [4.78, 5) is 8.22. The van der Waals surface area contributed by atoms with Crippen molar-refractivity contribution in [2.24, 2.45) is 5.92 Å². The van der Waals surface area contributed by atoms with Gasteiger partial charge in [-0.3, -0.25) is 0 Å². The number of nitrogen functional groups attached to an aromatic ring is 1. The highest BCUT2D eigenvalue weighted by Gasteiger charge is 2.17. The third-order valence-electron chi connectivity index (χ3n) is 3.03. The average Bonchev–Trinajstić information content (AvgIpc) is 2.99. The average molecular weight is 413 g/mol. The van der Waals surface area contributed by atoms with Crippen LogP contribution in [0.5, 0.6) is 0 Å². The molecule has 1 aliphatic carbocycles. The van der Waals surface area contributed by atoms with E-state index < -0.39 is 0 Å². The summed E-state index contributed by atoms with van der Waals surface area (Å²) in [6.45, 7) is 0. The van der Waals surface area contributed by atoms with Crippen LogP contribution in [0, 0.1) is 5.92 Å². The van der Waals surface area contributed by atoms with Gasteiger partial charge in [0.2, 0.25) is 5.89 Å². The first-order chi connectivity index (χ1) is 10.2. The molecule has 2 N–H and O–H groups in total. The number of anilines is 1. The molecule has 0 aromatic carbocycles. The highest BCUT2D eigenvalue weighted by molar-refractivity contribution is 9.10. The van der Waals surface area contributed by atoms with Gasteiger partial charge in [-0.1, -0.05) is 34.2 Å². The second-order valence-corrected chi connectivity index (χ2v) is 5.97. The molecule has 0 saturated heterocycles. The molecule has 0 saturated carbocycles. The molecule has 0 spiro atoms. The molecular weight excluding hydrogens is 402 g/mol. The maximum atomic E-state index is 5.79. The molecule has 8 heteroatoms. The van der Waals surface area contributed by atoms with Crippen LogP contribution in [-0.4, -0.2) is 25.5 Å². The molecule has 2 aromatic rings. The van der Waals surface area contributed by atoms with Gasteiger partial charge in [0, 0.05) is 10.9 Å². The Kier molecular flexibility index (Phi) is 4.16. The predicted octanol–water partition coefficient (Wildman–Crippen LogP) is 3.23. The number of allylic oxidation sites excluding steroid dienone is 4. The van der Waals surface area contributed by atoms with Gasteiger partial charge in [-0.2, -0.15) is 0 Å². The molecule has 1 unspecified atom stereocenters. The number of halogens is 2. The minimum atomic E-state index is 0.251. The van der Waals surface area contributed by atoms with E-state index in [1.165, 1.54) is 6.20 Å². The van der Waals surface area contributed by atoms with Gasteiger partial charge in [0.25, 0.3) is 5.89 Å². The van der Waals surface area contributed by atoms with Crippen LogP contribution < -0.4 is 5.73 Å². The summed E-state index contributed by atoms with van der Waals surface area (Å²) in [5.41, 5.74) is 7.08. The van der Waals surface area contributed by atoms with Crippen molar-refractivity contribution in [1.29, 1.82) is 0 Å². The zero-order valence-electron chi connectivity index (χ0n) is 10.8. The van der Waals surface area contributed by atoms with Crippen LogP contribution in [0.2, 0.25) is 0 Å². The highest BCUT2D eigenvalue weighted by atomic mass is 79.9. The summed E-state index contributed by atoms with van der Waals surface area (Å²) in [5, 5.41) is 8.99. The molecule has 2 heterocycles. The highest BCUT2D eigenvalue weighted by Crippen LogP contribution is 2.28. The van der Waals surface area contributed by atoms with Gasteiger partial charge in [-0.25, -0.2) is 9.97 Å². The molecule has 0 bridgehead atoms. The van der Waals surface area contributed by atoms with Crippen molar-refractivity contribution in [3.05, 3.63) is 34.9 Å². The Morgan fingerprint density at radius 1 is 1.33 bits per heavy atom. The van der Waals surface area contributed by atoms with Crippen molar-refractivity contribution >= 4 is 43.3 Å². The first kappa shape index (κ1) is 14.4. The monoisotopic (exact) mass is 411 g/mol. The zero-order valence-corrected chi connectivity index (χ0v) is 14.0. The zero-order chi connectivity index (χ0) is 14.8. The van der Waals surface area contributed by atoms with Crippen LogP contribution in [0.3, 0.4) is 0 Å². The molecular formula is C13H11Br2N5O. The normalized spacial score (nSPS) is 17.8. The molecule has 0 aliphatic heterocycles. The number of hydrogen-bond donors (Lipinski definition) is 1. The lowest BCUT2D eigenvalue weighted by Gasteiger charge is -2.10. The third kappa shape index (κ3) is 3.06. The van der Waals surface area contributed by atoms with E-state index in [-0.39, 0.29) is 11.7 Å². The van der Waals surface area contributed by atoms with Crippen LogP contribution in [0.15, 0.2) is 33.4 Å².